The molecule has 2 heterocycles. The number of thiophene rings is 1. The van der Waals surface area contributed by atoms with E-state index in [2.05, 4.69) is 16.4 Å². The predicted molar refractivity (Wildman–Crippen MR) is 54.1 cm³/mol. The predicted octanol–water partition coefficient (Wildman–Crippen LogP) is 3.14. The molecule has 0 saturated carbocycles. The van der Waals surface area contributed by atoms with Crippen molar-refractivity contribution in [1.82, 2.24) is 4.98 Å². The molecule has 0 spiro atoms. The van der Waals surface area contributed by atoms with Crippen LogP contribution in [0.5, 0.6) is 0 Å². The molecule has 1 nitrogen and oxygen atoms in total. The Morgan fingerprint density at radius 1 is 1.18 bits per heavy atom. The monoisotopic (exact) mass is 207 g/mol. The van der Waals surface area contributed by atoms with Gasteiger partial charge in [-0.3, -0.25) is 4.98 Å². The second-order valence-corrected chi connectivity index (χ2v) is 2.78. The molecular weight excluding hydrogens is 201 g/mol. The van der Waals surface area contributed by atoms with Gasteiger partial charge in [0.05, 0.1) is 4.70 Å². The van der Waals surface area contributed by atoms with Gasteiger partial charge in [0.25, 0.3) is 0 Å². The van der Waals surface area contributed by atoms with Gasteiger partial charge in [-0.05, 0) is 22.9 Å². The highest BCUT2D eigenvalue weighted by Crippen LogP contribution is 2.17. The second-order valence-electron chi connectivity index (χ2n) is 1.83. The van der Waals surface area contributed by atoms with Crippen LogP contribution in [0, 0.1) is 0 Å². The SMILES string of the molecule is Cl.Cl.c1cc2ccsc2cn1. The lowest BCUT2D eigenvalue weighted by Crippen LogP contribution is -1.64. The van der Waals surface area contributed by atoms with Gasteiger partial charge in [-0.15, -0.1) is 36.2 Å². The van der Waals surface area contributed by atoms with Crippen molar-refractivity contribution in [2.75, 3.05) is 0 Å². The summed E-state index contributed by atoms with van der Waals surface area (Å²) in [4.78, 5) is 4.00. The van der Waals surface area contributed by atoms with E-state index in [0.29, 0.717) is 0 Å². The summed E-state index contributed by atoms with van der Waals surface area (Å²) in [6.07, 6.45) is 3.70. The van der Waals surface area contributed by atoms with Gasteiger partial charge >= 0.3 is 0 Å². The largest absolute Gasteiger partial charge is 0.263 e. The molecule has 0 atom stereocenters. The lowest BCUT2D eigenvalue weighted by Gasteiger charge is -1.81. The Morgan fingerprint density at radius 2 is 2.00 bits per heavy atom. The van der Waals surface area contributed by atoms with Crippen molar-refractivity contribution in [2.24, 2.45) is 0 Å². The number of hydrogen-bond donors (Lipinski definition) is 0. The van der Waals surface area contributed by atoms with Crippen molar-refractivity contribution in [1.29, 1.82) is 0 Å². The van der Waals surface area contributed by atoms with Gasteiger partial charge < -0.3 is 0 Å². The molecule has 0 aliphatic rings. The van der Waals surface area contributed by atoms with Crippen LogP contribution in [-0.4, -0.2) is 4.98 Å². The third-order valence-corrected chi connectivity index (χ3v) is 2.13. The van der Waals surface area contributed by atoms with Crippen LogP contribution in [0.15, 0.2) is 29.9 Å². The van der Waals surface area contributed by atoms with Crippen LogP contribution >= 0.6 is 36.2 Å². The van der Waals surface area contributed by atoms with Gasteiger partial charge in [-0.2, -0.15) is 0 Å². The fraction of sp³-hybridized carbons (Fsp3) is 0. The molecule has 0 bridgehead atoms. The standard InChI is InChI=1S/C7H5NS.2ClH/c1-3-8-5-7-6(1)2-4-9-7;;/h1-5H;2*1H. The summed E-state index contributed by atoms with van der Waals surface area (Å²) in [7, 11) is 0. The van der Waals surface area contributed by atoms with Gasteiger partial charge in [-0.25, -0.2) is 0 Å². The Hall–Kier alpha value is -0.310. The van der Waals surface area contributed by atoms with Crippen LogP contribution in [-0.2, 0) is 0 Å². The average Bonchev–Trinajstić information content (AvgIpc) is 2.33. The third kappa shape index (κ3) is 2.06. The molecule has 0 saturated heterocycles. The second kappa shape index (κ2) is 4.54. The highest BCUT2D eigenvalue weighted by molar-refractivity contribution is 7.17. The molecule has 2 aromatic rings. The van der Waals surface area contributed by atoms with Gasteiger partial charge in [0.1, 0.15) is 0 Å². The third-order valence-electron chi connectivity index (χ3n) is 1.26. The van der Waals surface area contributed by atoms with Crippen LogP contribution < -0.4 is 0 Å². The maximum absolute atomic E-state index is 4.00. The van der Waals surface area contributed by atoms with Crippen LogP contribution in [0.3, 0.4) is 0 Å². The summed E-state index contributed by atoms with van der Waals surface area (Å²) in [6, 6.07) is 4.12. The van der Waals surface area contributed by atoms with Crippen molar-refractivity contribution in [2.45, 2.75) is 0 Å². The van der Waals surface area contributed by atoms with Crippen molar-refractivity contribution >= 4 is 46.2 Å². The lowest BCUT2D eigenvalue weighted by molar-refractivity contribution is 1.37. The minimum Gasteiger partial charge on any atom is -0.263 e. The Morgan fingerprint density at radius 3 is 2.73 bits per heavy atom. The van der Waals surface area contributed by atoms with Crippen molar-refractivity contribution in [3.63, 3.8) is 0 Å². The minimum atomic E-state index is 0. The van der Waals surface area contributed by atoms with E-state index in [1.54, 1.807) is 11.3 Å². The molecule has 0 aliphatic heterocycles. The first-order valence-corrected chi connectivity index (χ1v) is 3.62. The van der Waals surface area contributed by atoms with Crippen LogP contribution in [0.1, 0.15) is 0 Å². The molecule has 0 amide bonds. The van der Waals surface area contributed by atoms with Gasteiger partial charge in [0.15, 0.2) is 0 Å². The molecule has 0 unspecified atom stereocenters. The highest BCUT2D eigenvalue weighted by atomic mass is 35.5. The van der Waals surface area contributed by atoms with E-state index >= 15 is 0 Å². The van der Waals surface area contributed by atoms with E-state index in [1.807, 2.05) is 18.5 Å². The summed E-state index contributed by atoms with van der Waals surface area (Å²) >= 11 is 1.72. The number of nitrogens with zero attached hydrogens (tertiary/aromatic N) is 1. The molecule has 60 valence electrons. The Labute approximate surface area is 81.3 Å². The summed E-state index contributed by atoms with van der Waals surface area (Å²) in [6.45, 7) is 0. The van der Waals surface area contributed by atoms with Gasteiger partial charge in [0.2, 0.25) is 0 Å². The summed E-state index contributed by atoms with van der Waals surface area (Å²) in [5, 5.41) is 3.36. The molecular formula is C7H7Cl2NS. The summed E-state index contributed by atoms with van der Waals surface area (Å²) in [5.74, 6) is 0. The maximum atomic E-state index is 4.00. The number of hydrogen-bond acceptors (Lipinski definition) is 2. The van der Waals surface area contributed by atoms with E-state index < -0.39 is 0 Å². The van der Waals surface area contributed by atoms with E-state index in [1.165, 1.54) is 10.1 Å². The molecule has 2 rings (SSSR count). The summed E-state index contributed by atoms with van der Waals surface area (Å²) in [5.41, 5.74) is 0. The van der Waals surface area contributed by atoms with Crippen molar-refractivity contribution in [3.05, 3.63) is 29.9 Å². The quantitative estimate of drug-likeness (QED) is 0.648. The fourth-order valence-corrected chi connectivity index (χ4v) is 1.56. The molecule has 11 heavy (non-hydrogen) atoms. The zero-order valence-electron chi connectivity index (χ0n) is 5.56. The normalized spacial score (nSPS) is 8.36. The lowest BCUT2D eigenvalue weighted by atomic mass is 10.3. The van der Waals surface area contributed by atoms with Crippen LogP contribution in [0.2, 0.25) is 0 Å². The van der Waals surface area contributed by atoms with E-state index in [4.69, 9.17) is 0 Å². The van der Waals surface area contributed by atoms with Crippen molar-refractivity contribution < 1.29 is 0 Å². The topological polar surface area (TPSA) is 12.9 Å². The zero-order valence-corrected chi connectivity index (χ0v) is 8.01. The smallest absolute Gasteiger partial charge is 0.0526 e. The van der Waals surface area contributed by atoms with E-state index in [0.717, 1.165) is 0 Å². The minimum absolute atomic E-state index is 0. The number of fused-ring (bicyclic) bond motifs is 1. The van der Waals surface area contributed by atoms with Gasteiger partial charge in [-0.1, -0.05) is 0 Å². The Kier molecular flexibility index (Phi) is 4.42. The molecule has 0 radical (unpaired) electrons. The van der Waals surface area contributed by atoms with E-state index in [9.17, 15) is 0 Å². The van der Waals surface area contributed by atoms with Gasteiger partial charge in [0, 0.05) is 12.4 Å². The molecule has 0 fully saturated rings. The number of pyridine rings is 1. The fourth-order valence-electron chi connectivity index (χ4n) is 0.808. The molecule has 0 N–H and O–H groups in total. The Bertz CT molecular complexity index is 290. The first-order chi connectivity index (χ1) is 4.47. The maximum Gasteiger partial charge on any atom is 0.0526 e. The first kappa shape index (κ1) is 10.7. The van der Waals surface area contributed by atoms with E-state index in [-0.39, 0.29) is 24.8 Å². The van der Waals surface area contributed by atoms with Crippen LogP contribution in [0.4, 0.5) is 0 Å². The number of halogens is 2. The Balaban J connectivity index is 0.000000500. The molecule has 0 aliphatic carbocycles. The van der Waals surface area contributed by atoms with Crippen LogP contribution in [0.25, 0.3) is 10.1 Å². The summed E-state index contributed by atoms with van der Waals surface area (Å²) < 4.78 is 1.26. The molecule has 4 heteroatoms. The number of rotatable bonds is 0. The molecule has 2 aromatic heterocycles. The highest BCUT2D eigenvalue weighted by Gasteiger charge is 1.88. The zero-order chi connectivity index (χ0) is 6.10. The average molecular weight is 208 g/mol. The van der Waals surface area contributed by atoms with Crippen molar-refractivity contribution in [3.8, 4) is 0 Å². The molecule has 0 aromatic carbocycles. The number of aromatic nitrogens is 1. The first-order valence-electron chi connectivity index (χ1n) is 2.74.